The second-order valence-electron chi connectivity index (χ2n) is 6.03. The van der Waals surface area contributed by atoms with E-state index in [4.69, 9.17) is 4.74 Å². The number of carbonyl (C=O) groups is 1. The Hall–Kier alpha value is -3.65. The van der Waals surface area contributed by atoms with E-state index < -0.39 is 5.76 Å². The van der Waals surface area contributed by atoms with E-state index in [1.54, 1.807) is 42.5 Å². The number of ether oxygens (including phenoxy) is 1. The van der Waals surface area contributed by atoms with Crippen molar-refractivity contribution in [3.63, 3.8) is 0 Å². The third-order valence-corrected chi connectivity index (χ3v) is 4.49. The lowest BCUT2D eigenvalue weighted by Gasteiger charge is -2.11. The lowest BCUT2D eigenvalue weighted by Crippen LogP contribution is -2.13. The van der Waals surface area contributed by atoms with Gasteiger partial charge in [-0.15, -0.1) is 0 Å². The van der Waals surface area contributed by atoms with E-state index >= 15 is 0 Å². The predicted octanol–water partition coefficient (Wildman–Crippen LogP) is 4.84. The van der Waals surface area contributed by atoms with E-state index in [0.29, 0.717) is 28.3 Å². The maximum absolute atomic E-state index is 12.8. The summed E-state index contributed by atoms with van der Waals surface area (Å²) in [5.41, 5.74) is 1.40. The Morgan fingerprint density at radius 2 is 1.79 bits per heavy atom. The van der Waals surface area contributed by atoms with Crippen molar-refractivity contribution in [3.05, 3.63) is 93.4 Å². The average molecular weight is 452 g/mol. The van der Waals surface area contributed by atoms with Crippen LogP contribution in [-0.2, 0) is 0 Å². The SMILES string of the molecule is O=C(Nc1ccc(Br)cc1-c1noc(=O)[nH]1)c1cccc(Oc2ccccc2)c1. The van der Waals surface area contributed by atoms with Crippen LogP contribution >= 0.6 is 15.9 Å². The molecule has 0 fully saturated rings. The monoisotopic (exact) mass is 451 g/mol. The molecule has 0 bridgehead atoms. The van der Waals surface area contributed by atoms with Gasteiger partial charge in [0.2, 0.25) is 0 Å². The summed E-state index contributed by atoms with van der Waals surface area (Å²) >= 11 is 3.37. The van der Waals surface area contributed by atoms with Crippen molar-refractivity contribution in [2.75, 3.05) is 5.32 Å². The zero-order chi connectivity index (χ0) is 20.2. The van der Waals surface area contributed by atoms with Crippen molar-refractivity contribution in [2.24, 2.45) is 0 Å². The number of hydrogen-bond acceptors (Lipinski definition) is 5. The molecule has 7 nitrogen and oxygen atoms in total. The second kappa shape index (κ2) is 8.15. The van der Waals surface area contributed by atoms with Gasteiger partial charge in [-0.1, -0.05) is 45.4 Å². The molecule has 0 saturated carbocycles. The Morgan fingerprint density at radius 1 is 1.00 bits per heavy atom. The molecule has 1 heterocycles. The molecule has 1 amide bonds. The van der Waals surface area contributed by atoms with Crippen LogP contribution in [0.2, 0.25) is 0 Å². The topological polar surface area (TPSA) is 97.2 Å². The highest BCUT2D eigenvalue weighted by Gasteiger charge is 2.15. The van der Waals surface area contributed by atoms with Crippen molar-refractivity contribution >= 4 is 27.5 Å². The molecular weight excluding hydrogens is 438 g/mol. The average Bonchev–Trinajstić information content (AvgIpc) is 3.16. The standard InChI is InChI=1S/C21H14BrN3O4/c22-14-9-10-18(17(12-14)19-24-21(27)29-25-19)23-20(26)13-5-4-8-16(11-13)28-15-6-2-1-3-7-15/h1-12H,(H,23,26)(H,24,25,27). The molecule has 0 spiro atoms. The van der Waals surface area contributed by atoms with Crippen LogP contribution in [-0.4, -0.2) is 16.0 Å². The molecule has 0 aliphatic carbocycles. The highest BCUT2D eigenvalue weighted by molar-refractivity contribution is 9.10. The number of halogens is 1. The van der Waals surface area contributed by atoms with E-state index in [2.05, 4.69) is 35.9 Å². The molecular formula is C21H14BrN3O4. The lowest BCUT2D eigenvalue weighted by atomic mass is 10.1. The Bertz CT molecular complexity index is 1220. The summed E-state index contributed by atoms with van der Waals surface area (Å²) in [4.78, 5) is 26.6. The number of anilines is 1. The molecule has 4 rings (SSSR count). The predicted molar refractivity (Wildman–Crippen MR) is 111 cm³/mol. The van der Waals surface area contributed by atoms with Crippen LogP contribution in [0.3, 0.4) is 0 Å². The van der Waals surface area contributed by atoms with Gasteiger partial charge in [0, 0.05) is 15.6 Å². The number of nitrogens with zero attached hydrogens (tertiary/aromatic N) is 1. The van der Waals surface area contributed by atoms with E-state index in [0.717, 1.165) is 4.47 Å². The molecule has 0 aliphatic rings. The summed E-state index contributed by atoms with van der Waals surface area (Å²) in [6, 6.07) is 21.3. The molecule has 1 aromatic heterocycles. The number of H-pyrrole nitrogens is 1. The molecule has 8 heteroatoms. The quantitative estimate of drug-likeness (QED) is 0.452. The largest absolute Gasteiger partial charge is 0.457 e. The minimum atomic E-state index is -0.678. The fraction of sp³-hybridized carbons (Fsp3) is 0. The van der Waals surface area contributed by atoms with Gasteiger partial charge in [0.25, 0.3) is 5.91 Å². The number of aromatic amines is 1. The zero-order valence-corrected chi connectivity index (χ0v) is 16.5. The maximum atomic E-state index is 12.8. The van der Waals surface area contributed by atoms with Crippen LogP contribution in [0.4, 0.5) is 5.69 Å². The third-order valence-electron chi connectivity index (χ3n) is 4.00. The van der Waals surface area contributed by atoms with Crippen LogP contribution in [0.15, 0.2) is 86.6 Å². The summed E-state index contributed by atoms with van der Waals surface area (Å²) in [6.07, 6.45) is 0. The number of rotatable bonds is 5. The van der Waals surface area contributed by atoms with Crippen molar-refractivity contribution < 1.29 is 14.1 Å². The normalized spacial score (nSPS) is 10.5. The third kappa shape index (κ3) is 4.44. The number of aromatic nitrogens is 2. The first-order valence-corrected chi connectivity index (χ1v) is 9.38. The zero-order valence-electron chi connectivity index (χ0n) is 14.9. The van der Waals surface area contributed by atoms with Crippen molar-refractivity contribution in [3.8, 4) is 22.9 Å². The smallest absolute Gasteiger partial charge is 0.439 e. The molecule has 3 aromatic carbocycles. The first-order valence-electron chi connectivity index (χ1n) is 8.59. The Balaban J connectivity index is 1.59. The Kier molecular flexibility index (Phi) is 5.26. The number of benzene rings is 3. The molecule has 2 N–H and O–H groups in total. The van der Waals surface area contributed by atoms with Crippen LogP contribution in [0.5, 0.6) is 11.5 Å². The van der Waals surface area contributed by atoms with Gasteiger partial charge in [0.1, 0.15) is 11.5 Å². The van der Waals surface area contributed by atoms with Crippen molar-refractivity contribution in [2.45, 2.75) is 0 Å². The highest BCUT2D eigenvalue weighted by atomic mass is 79.9. The maximum Gasteiger partial charge on any atom is 0.439 e. The number of hydrogen-bond donors (Lipinski definition) is 2. The van der Waals surface area contributed by atoms with Crippen LogP contribution in [0.1, 0.15) is 10.4 Å². The van der Waals surface area contributed by atoms with E-state index in [1.165, 1.54) is 0 Å². The number of amides is 1. The molecule has 29 heavy (non-hydrogen) atoms. The summed E-state index contributed by atoms with van der Waals surface area (Å²) in [5.74, 6) is 0.421. The summed E-state index contributed by atoms with van der Waals surface area (Å²) < 4.78 is 11.1. The number of carbonyl (C=O) groups excluding carboxylic acids is 1. The summed E-state index contributed by atoms with van der Waals surface area (Å²) in [5, 5.41) is 6.53. The molecule has 0 radical (unpaired) electrons. The van der Waals surface area contributed by atoms with Crippen LogP contribution in [0.25, 0.3) is 11.4 Å². The number of nitrogens with one attached hydrogen (secondary N) is 2. The van der Waals surface area contributed by atoms with E-state index in [1.807, 2.05) is 30.3 Å². The van der Waals surface area contributed by atoms with Gasteiger partial charge in [-0.25, -0.2) is 4.79 Å². The van der Waals surface area contributed by atoms with Crippen molar-refractivity contribution in [1.82, 2.24) is 10.1 Å². The van der Waals surface area contributed by atoms with Gasteiger partial charge in [-0.3, -0.25) is 14.3 Å². The summed E-state index contributed by atoms with van der Waals surface area (Å²) in [7, 11) is 0. The molecule has 0 unspecified atom stereocenters. The molecule has 0 saturated heterocycles. The van der Waals surface area contributed by atoms with Crippen molar-refractivity contribution in [1.29, 1.82) is 0 Å². The van der Waals surface area contributed by atoms with Gasteiger partial charge in [0.15, 0.2) is 5.82 Å². The van der Waals surface area contributed by atoms with Crippen LogP contribution in [0, 0.1) is 0 Å². The van der Waals surface area contributed by atoms with Gasteiger partial charge in [-0.2, -0.15) is 0 Å². The number of para-hydroxylation sites is 1. The first kappa shape index (κ1) is 18.7. The summed E-state index contributed by atoms with van der Waals surface area (Å²) in [6.45, 7) is 0. The van der Waals surface area contributed by atoms with Crippen LogP contribution < -0.4 is 15.8 Å². The van der Waals surface area contributed by atoms with E-state index in [-0.39, 0.29) is 11.7 Å². The Labute approximate surface area is 173 Å². The molecule has 4 aromatic rings. The van der Waals surface area contributed by atoms with Gasteiger partial charge in [-0.05, 0) is 48.5 Å². The Morgan fingerprint density at radius 3 is 2.55 bits per heavy atom. The van der Waals surface area contributed by atoms with E-state index in [9.17, 15) is 9.59 Å². The first-order chi connectivity index (χ1) is 14.1. The molecule has 144 valence electrons. The lowest BCUT2D eigenvalue weighted by molar-refractivity contribution is 0.102. The minimum absolute atomic E-state index is 0.216. The molecule has 0 aliphatic heterocycles. The molecule has 0 atom stereocenters. The van der Waals surface area contributed by atoms with Gasteiger partial charge in [0.05, 0.1) is 5.69 Å². The second-order valence-corrected chi connectivity index (χ2v) is 6.95. The van der Waals surface area contributed by atoms with Gasteiger partial charge >= 0.3 is 5.76 Å². The van der Waals surface area contributed by atoms with Gasteiger partial charge < -0.3 is 10.1 Å². The highest BCUT2D eigenvalue weighted by Crippen LogP contribution is 2.29. The fourth-order valence-corrected chi connectivity index (χ4v) is 3.05. The fourth-order valence-electron chi connectivity index (χ4n) is 2.69. The minimum Gasteiger partial charge on any atom is -0.457 e.